The van der Waals surface area contributed by atoms with Crippen molar-refractivity contribution in [1.29, 1.82) is 0 Å². The zero-order valence-electron chi connectivity index (χ0n) is 18.5. The molecule has 0 radical (unpaired) electrons. The average Bonchev–Trinajstić information content (AvgIpc) is 3.16. The highest BCUT2D eigenvalue weighted by atomic mass is 16.2. The first-order chi connectivity index (χ1) is 14.8. The van der Waals surface area contributed by atoms with Crippen molar-refractivity contribution in [2.24, 2.45) is 11.8 Å². The highest BCUT2D eigenvalue weighted by Gasteiger charge is 2.43. The standard InChI is InChI=1S/C24H30N4O3/c1-5-16(4)22(29)27-20(15(2)3)24(31)28-19(14-17-10-9-13-25-21(17)28)23(30)26-18-11-7-6-8-12-18/h6-13,15-16,19-20H,5,14H2,1-4H3,(H,26,30)(H,27,29)/t16-,19-,20+/m1/s1. The van der Waals surface area contributed by atoms with Gasteiger partial charge in [-0.05, 0) is 36.1 Å². The number of pyridine rings is 1. The second-order valence-electron chi connectivity index (χ2n) is 8.31. The molecule has 1 aliphatic heterocycles. The summed E-state index contributed by atoms with van der Waals surface area (Å²) in [6, 6.07) is 11.3. The van der Waals surface area contributed by atoms with Gasteiger partial charge in [-0.1, -0.05) is 52.0 Å². The lowest BCUT2D eigenvalue weighted by Gasteiger charge is -2.31. The Morgan fingerprint density at radius 3 is 2.45 bits per heavy atom. The van der Waals surface area contributed by atoms with Crippen LogP contribution in [0, 0.1) is 11.8 Å². The van der Waals surface area contributed by atoms with Crippen molar-refractivity contribution in [2.75, 3.05) is 10.2 Å². The molecule has 2 heterocycles. The number of nitrogens with zero attached hydrogens (tertiary/aromatic N) is 2. The highest BCUT2D eigenvalue weighted by molar-refractivity contribution is 6.09. The van der Waals surface area contributed by atoms with E-state index in [9.17, 15) is 14.4 Å². The van der Waals surface area contributed by atoms with Crippen molar-refractivity contribution in [3.05, 3.63) is 54.2 Å². The van der Waals surface area contributed by atoms with Gasteiger partial charge in [0, 0.05) is 24.2 Å². The zero-order chi connectivity index (χ0) is 22.5. The highest BCUT2D eigenvalue weighted by Crippen LogP contribution is 2.32. The summed E-state index contributed by atoms with van der Waals surface area (Å²) in [5, 5.41) is 5.79. The van der Waals surface area contributed by atoms with Crippen molar-refractivity contribution in [2.45, 2.75) is 52.6 Å². The van der Waals surface area contributed by atoms with E-state index in [1.54, 1.807) is 24.4 Å². The molecule has 3 amide bonds. The van der Waals surface area contributed by atoms with E-state index in [4.69, 9.17) is 0 Å². The fourth-order valence-corrected chi connectivity index (χ4v) is 3.61. The van der Waals surface area contributed by atoms with Crippen LogP contribution in [0.3, 0.4) is 0 Å². The summed E-state index contributed by atoms with van der Waals surface area (Å²) in [7, 11) is 0. The van der Waals surface area contributed by atoms with Crippen LogP contribution < -0.4 is 15.5 Å². The molecule has 1 aromatic heterocycles. The van der Waals surface area contributed by atoms with Crippen molar-refractivity contribution < 1.29 is 14.4 Å². The largest absolute Gasteiger partial charge is 0.344 e. The third kappa shape index (κ3) is 4.93. The molecule has 2 N–H and O–H groups in total. The quantitative estimate of drug-likeness (QED) is 0.717. The molecule has 31 heavy (non-hydrogen) atoms. The molecular formula is C24H30N4O3. The van der Waals surface area contributed by atoms with E-state index in [-0.39, 0.29) is 29.6 Å². The molecule has 0 aliphatic carbocycles. The summed E-state index contributed by atoms with van der Waals surface area (Å²) >= 11 is 0. The van der Waals surface area contributed by atoms with Crippen molar-refractivity contribution in [1.82, 2.24) is 10.3 Å². The Hall–Kier alpha value is -3.22. The summed E-state index contributed by atoms with van der Waals surface area (Å²) in [6.45, 7) is 7.53. The van der Waals surface area contributed by atoms with Crippen molar-refractivity contribution >= 4 is 29.2 Å². The van der Waals surface area contributed by atoms with Crippen LogP contribution in [0.5, 0.6) is 0 Å². The molecular weight excluding hydrogens is 392 g/mol. The molecule has 3 rings (SSSR count). The number of carbonyl (C=O) groups excluding carboxylic acids is 3. The molecule has 0 saturated heterocycles. The van der Waals surface area contributed by atoms with Crippen molar-refractivity contribution in [3.63, 3.8) is 0 Å². The van der Waals surface area contributed by atoms with Crippen LogP contribution in [-0.4, -0.2) is 34.8 Å². The minimum Gasteiger partial charge on any atom is -0.344 e. The number of fused-ring (bicyclic) bond motifs is 1. The van der Waals surface area contributed by atoms with Gasteiger partial charge in [0.05, 0.1) is 0 Å². The Bertz CT molecular complexity index is 945. The van der Waals surface area contributed by atoms with Crippen LogP contribution >= 0.6 is 0 Å². The molecule has 1 aromatic carbocycles. The van der Waals surface area contributed by atoms with E-state index in [1.807, 2.05) is 52.0 Å². The number of hydrogen-bond acceptors (Lipinski definition) is 4. The van der Waals surface area contributed by atoms with Crippen LogP contribution in [0.1, 0.15) is 39.7 Å². The number of carbonyl (C=O) groups is 3. The summed E-state index contributed by atoms with van der Waals surface area (Å²) in [5.41, 5.74) is 1.49. The van der Waals surface area contributed by atoms with Crippen LogP contribution in [0.25, 0.3) is 0 Å². The average molecular weight is 423 g/mol. The Balaban J connectivity index is 1.90. The normalized spacial score (nSPS) is 17.1. The smallest absolute Gasteiger partial charge is 0.251 e. The number of hydrogen-bond donors (Lipinski definition) is 2. The van der Waals surface area contributed by atoms with Crippen LogP contribution in [0.2, 0.25) is 0 Å². The summed E-state index contributed by atoms with van der Waals surface area (Å²) in [4.78, 5) is 45.2. The van der Waals surface area contributed by atoms with E-state index in [0.717, 1.165) is 5.56 Å². The number of nitrogens with one attached hydrogen (secondary N) is 2. The Labute approximate surface area is 183 Å². The molecule has 164 valence electrons. The molecule has 0 bridgehead atoms. The maximum absolute atomic E-state index is 13.7. The van der Waals surface area contributed by atoms with Gasteiger partial charge in [-0.15, -0.1) is 0 Å². The molecule has 0 fully saturated rings. The number of anilines is 2. The molecule has 7 heteroatoms. The van der Waals surface area contributed by atoms with Crippen LogP contribution in [0.15, 0.2) is 48.7 Å². The predicted molar refractivity (Wildman–Crippen MR) is 121 cm³/mol. The van der Waals surface area contributed by atoms with Gasteiger partial charge in [0.2, 0.25) is 11.8 Å². The molecule has 3 atom stereocenters. The third-order valence-corrected chi connectivity index (χ3v) is 5.69. The monoisotopic (exact) mass is 422 g/mol. The molecule has 0 spiro atoms. The lowest BCUT2D eigenvalue weighted by molar-refractivity contribution is -0.131. The third-order valence-electron chi connectivity index (χ3n) is 5.69. The first-order valence-corrected chi connectivity index (χ1v) is 10.8. The first-order valence-electron chi connectivity index (χ1n) is 10.8. The SMILES string of the molecule is CC[C@@H](C)C(=O)N[C@H](C(=O)N1c2ncccc2C[C@@H]1C(=O)Nc1ccccc1)C(C)C. The Morgan fingerprint density at radius 1 is 1.10 bits per heavy atom. The lowest BCUT2D eigenvalue weighted by atomic mass is 10.00. The second kappa shape index (κ2) is 9.73. The van der Waals surface area contributed by atoms with Crippen molar-refractivity contribution in [3.8, 4) is 0 Å². The summed E-state index contributed by atoms with van der Waals surface area (Å²) in [6.07, 6.45) is 2.66. The lowest BCUT2D eigenvalue weighted by Crippen LogP contribution is -2.56. The molecule has 2 aromatic rings. The van der Waals surface area contributed by atoms with Gasteiger partial charge in [-0.2, -0.15) is 0 Å². The maximum Gasteiger partial charge on any atom is 0.251 e. The Morgan fingerprint density at radius 2 is 1.81 bits per heavy atom. The van der Waals surface area contributed by atoms with E-state index >= 15 is 0 Å². The minimum absolute atomic E-state index is 0.147. The van der Waals surface area contributed by atoms with Gasteiger partial charge in [0.1, 0.15) is 17.9 Å². The topological polar surface area (TPSA) is 91.4 Å². The number of rotatable bonds is 7. The molecule has 1 aliphatic rings. The number of para-hydroxylation sites is 1. The maximum atomic E-state index is 13.7. The molecule has 7 nitrogen and oxygen atoms in total. The van der Waals surface area contributed by atoms with Gasteiger partial charge in [0.15, 0.2) is 0 Å². The first kappa shape index (κ1) is 22.5. The number of benzene rings is 1. The Kier molecular flexibility index (Phi) is 7.05. The van der Waals surface area contributed by atoms with Gasteiger partial charge in [-0.25, -0.2) is 4.98 Å². The van der Waals surface area contributed by atoms with Crippen LogP contribution in [-0.2, 0) is 20.8 Å². The predicted octanol–water partition coefficient (Wildman–Crippen LogP) is 3.16. The number of aromatic nitrogens is 1. The van der Waals surface area contributed by atoms with E-state index in [0.29, 0.717) is 24.3 Å². The minimum atomic E-state index is -0.749. The summed E-state index contributed by atoms with van der Waals surface area (Å²) < 4.78 is 0. The fraction of sp³-hybridized carbons (Fsp3) is 0.417. The van der Waals surface area contributed by atoms with E-state index in [1.165, 1.54) is 4.90 Å². The number of amides is 3. The van der Waals surface area contributed by atoms with Crippen LogP contribution in [0.4, 0.5) is 11.5 Å². The fourth-order valence-electron chi connectivity index (χ4n) is 3.61. The van der Waals surface area contributed by atoms with Gasteiger partial charge in [-0.3, -0.25) is 19.3 Å². The van der Waals surface area contributed by atoms with Gasteiger partial charge < -0.3 is 10.6 Å². The molecule has 0 unspecified atom stereocenters. The van der Waals surface area contributed by atoms with Gasteiger partial charge >= 0.3 is 0 Å². The van der Waals surface area contributed by atoms with E-state index < -0.39 is 12.1 Å². The molecule has 0 saturated carbocycles. The summed E-state index contributed by atoms with van der Waals surface area (Å²) in [5.74, 6) is -0.642. The zero-order valence-corrected chi connectivity index (χ0v) is 18.5. The van der Waals surface area contributed by atoms with E-state index in [2.05, 4.69) is 15.6 Å². The van der Waals surface area contributed by atoms with Gasteiger partial charge in [0.25, 0.3) is 5.91 Å². The second-order valence-corrected chi connectivity index (χ2v) is 8.31.